The Balaban J connectivity index is 1.62. The molecule has 4 nitrogen and oxygen atoms in total. The highest BCUT2D eigenvalue weighted by Gasteiger charge is 2.59. The van der Waals surface area contributed by atoms with Crippen LogP contribution in [0.15, 0.2) is 91.0 Å². The summed E-state index contributed by atoms with van der Waals surface area (Å²) in [6.07, 6.45) is 0.0112. The molecule has 2 heterocycles. The van der Waals surface area contributed by atoms with Gasteiger partial charge in [0.2, 0.25) is 0 Å². The smallest absolute Gasteiger partial charge is 0.184 e. The van der Waals surface area contributed by atoms with E-state index in [2.05, 4.69) is 41.4 Å². The summed E-state index contributed by atoms with van der Waals surface area (Å²) in [5.41, 5.74) is 2.02. The number of hydrogen-bond acceptors (Lipinski definition) is 4. The molecule has 2 saturated heterocycles. The SMILES string of the molecule is CC1OC2(c3ccccc3)NC1CN(Cc1ccccc1)C2C(=O)c1ccccc1. The number of hydrogen-bond donors (Lipinski definition) is 1. The van der Waals surface area contributed by atoms with Crippen molar-refractivity contribution in [1.29, 1.82) is 0 Å². The second kappa shape index (κ2) is 7.80. The Morgan fingerprint density at radius 1 is 0.967 bits per heavy atom. The molecule has 4 heteroatoms. The summed E-state index contributed by atoms with van der Waals surface area (Å²) < 4.78 is 6.61. The molecular weight excluding hydrogens is 372 g/mol. The minimum Gasteiger partial charge on any atom is -0.350 e. The third-order valence-corrected chi connectivity index (χ3v) is 6.26. The Morgan fingerprint density at radius 3 is 2.23 bits per heavy atom. The van der Waals surface area contributed by atoms with E-state index in [0.29, 0.717) is 12.1 Å². The quantitative estimate of drug-likeness (QED) is 0.660. The number of rotatable bonds is 5. The van der Waals surface area contributed by atoms with Gasteiger partial charge in [-0.15, -0.1) is 0 Å². The van der Waals surface area contributed by atoms with Crippen LogP contribution in [-0.2, 0) is 17.0 Å². The molecule has 4 atom stereocenters. The topological polar surface area (TPSA) is 41.6 Å². The summed E-state index contributed by atoms with van der Waals surface area (Å²) in [5.74, 6) is 0.0791. The van der Waals surface area contributed by atoms with Crippen molar-refractivity contribution in [2.24, 2.45) is 0 Å². The molecule has 0 radical (unpaired) electrons. The van der Waals surface area contributed by atoms with Gasteiger partial charge in [-0.2, -0.15) is 0 Å². The Labute approximate surface area is 177 Å². The zero-order valence-corrected chi connectivity index (χ0v) is 17.1. The van der Waals surface area contributed by atoms with Crippen LogP contribution < -0.4 is 5.32 Å². The monoisotopic (exact) mass is 398 g/mol. The number of Topliss-reactive ketones (excluding diaryl/α,β-unsaturated/α-hetero) is 1. The van der Waals surface area contributed by atoms with Crippen LogP contribution in [0.1, 0.15) is 28.4 Å². The molecule has 3 aromatic rings. The first-order valence-corrected chi connectivity index (χ1v) is 10.6. The van der Waals surface area contributed by atoms with Crippen LogP contribution in [0, 0.1) is 0 Å². The number of carbonyl (C=O) groups excluding carboxylic acids is 1. The van der Waals surface area contributed by atoms with Crippen molar-refractivity contribution < 1.29 is 9.53 Å². The molecule has 0 saturated carbocycles. The molecule has 2 bridgehead atoms. The highest BCUT2D eigenvalue weighted by molar-refractivity contribution is 6.01. The van der Waals surface area contributed by atoms with Crippen molar-refractivity contribution >= 4 is 5.78 Å². The van der Waals surface area contributed by atoms with Crippen molar-refractivity contribution in [2.75, 3.05) is 6.54 Å². The summed E-state index contributed by atoms with van der Waals surface area (Å²) in [7, 11) is 0. The van der Waals surface area contributed by atoms with Gasteiger partial charge < -0.3 is 4.74 Å². The lowest BCUT2D eigenvalue weighted by atomic mass is 9.85. The predicted molar refractivity (Wildman–Crippen MR) is 117 cm³/mol. The number of fused-ring (bicyclic) bond motifs is 2. The van der Waals surface area contributed by atoms with E-state index in [-0.39, 0.29) is 17.9 Å². The van der Waals surface area contributed by atoms with E-state index < -0.39 is 11.8 Å². The van der Waals surface area contributed by atoms with E-state index in [0.717, 1.165) is 12.1 Å². The first-order valence-electron chi connectivity index (χ1n) is 10.6. The molecule has 5 rings (SSSR count). The minimum atomic E-state index is -0.870. The molecule has 0 aliphatic carbocycles. The second-order valence-electron chi connectivity index (χ2n) is 8.22. The fourth-order valence-electron chi connectivity index (χ4n) is 4.83. The number of carbonyl (C=O) groups is 1. The van der Waals surface area contributed by atoms with Crippen molar-refractivity contribution in [3.63, 3.8) is 0 Å². The lowest BCUT2D eigenvalue weighted by Gasteiger charge is -2.46. The molecule has 3 aromatic carbocycles. The van der Waals surface area contributed by atoms with E-state index in [1.165, 1.54) is 5.56 Å². The highest BCUT2D eigenvalue weighted by Crippen LogP contribution is 2.42. The second-order valence-corrected chi connectivity index (χ2v) is 8.22. The molecule has 30 heavy (non-hydrogen) atoms. The summed E-state index contributed by atoms with van der Waals surface area (Å²) >= 11 is 0. The maximum atomic E-state index is 13.9. The highest BCUT2D eigenvalue weighted by atomic mass is 16.5. The number of nitrogens with one attached hydrogen (secondary N) is 1. The van der Waals surface area contributed by atoms with Gasteiger partial charge in [-0.3, -0.25) is 15.0 Å². The van der Waals surface area contributed by atoms with E-state index in [9.17, 15) is 4.79 Å². The minimum absolute atomic E-state index is 0.0112. The van der Waals surface area contributed by atoms with Crippen LogP contribution in [0.3, 0.4) is 0 Å². The maximum Gasteiger partial charge on any atom is 0.184 e. The molecule has 0 amide bonds. The molecule has 1 N–H and O–H groups in total. The Hall–Kier alpha value is -2.79. The third-order valence-electron chi connectivity index (χ3n) is 6.26. The number of nitrogens with zero attached hydrogens (tertiary/aromatic N) is 1. The van der Waals surface area contributed by atoms with Crippen molar-refractivity contribution in [3.05, 3.63) is 108 Å². The Morgan fingerprint density at radius 2 is 1.57 bits per heavy atom. The summed E-state index contributed by atoms with van der Waals surface area (Å²) in [6.45, 7) is 3.55. The summed E-state index contributed by atoms with van der Waals surface area (Å²) in [5, 5.41) is 3.70. The predicted octanol–water partition coefficient (Wildman–Crippen LogP) is 3.98. The number of benzene rings is 3. The fraction of sp³-hybridized carbons (Fsp3) is 0.269. The molecular formula is C26H26N2O2. The zero-order chi connectivity index (χ0) is 20.6. The van der Waals surface area contributed by atoms with Gasteiger partial charge in [-0.25, -0.2) is 0 Å². The van der Waals surface area contributed by atoms with E-state index in [1.807, 2.05) is 66.7 Å². The van der Waals surface area contributed by atoms with Gasteiger partial charge in [0.1, 0.15) is 6.04 Å². The van der Waals surface area contributed by atoms with Crippen molar-refractivity contribution in [2.45, 2.75) is 37.4 Å². The summed E-state index contributed by atoms with van der Waals surface area (Å²) in [4.78, 5) is 16.2. The Bertz CT molecular complexity index is 1000. The first-order chi connectivity index (χ1) is 14.7. The molecule has 152 valence electrons. The lowest BCUT2D eigenvalue weighted by molar-refractivity contribution is -0.0934. The van der Waals surface area contributed by atoms with Crippen LogP contribution in [0.25, 0.3) is 0 Å². The normalized spacial score (nSPS) is 28.4. The summed E-state index contributed by atoms with van der Waals surface area (Å²) in [6, 6.07) is 29.7. The number of ether oxygens (including phenoxy) is 1. The van der Waals surface area contributed by atoms with Gasteiger partial charge in [0.05, 0.1) is 6.10 Å². The standard InChI is InChI=1S/C26H26N2O2/c1-19-23-18-28(17-20-11-5-2-6-12-20)25(24(29)21-13-7-3-8-14-21)26(27-23,30-19)22-15-9-4-10-16-22/h2-16,19,23,25,27H,17-18H2,1H3. The van der Waals surface area contributed by atoms with Crippen LogP contribution in [0.4, 0.5) is 0 Å². The van der Waals surface area contributed by atoms with Crippen LogP contribution in [0.2, 0.25) is 0 Å². The van der Waals surface area contributed by atoms with Gasteiger partial charge in [0, 0.05) is 30.3 Å². The first kappa shape index (κ1) is 19.2. The average molecular weight is 399 g/mol. The number of piperazine rings is 1. The Kier molecular flexibility index (Phi) is 4.99. The van der Waals surface area contributed by atoms with Crippen molar-refractivity contribution in [3.8, 4) is 0 Å². The average Bonchev–Trinajstić information content (AvgIpc) is 3.07. The fourth-order valence-corrected chi connectivity index (χ4v) is 4.83. The van der Waals surface area contributed by atoms with Gasteiger partial charge >= 0.3 is 0 Å². The van der Waals surface area contributed by atoms with Gasteiger partial charge in [0.25, 0.3) is 0 Å². The third kappa shape index (κ3) is 3.27. The molecule has 2 fully saturated rings. The van der Waals surface area contributed by atoms with Crippen LogP contribution in [0.5, 0.6) is 0 Å². The van der Waals surface area contributed by atoms with Crippen molar-refractivity contribution in [1.82, 2.24) is 10.2 Å². The van der Waals surface area contributed by atoms with Gasteiger partial charge in [-0.05, 0) is 12.5 Å². The molecule has 0 aromatic heterocycles. The van der Waals surface area contributed by atoms with Crippen LogP contribution in [-0.4, -0.2) is 35.4 Å². The number of ketones is 1. The van der Waals surface area contributed by atoms with Crippen LogP contribution >= 0.6 is 0 Å². The largest absolute Gasteiger partial charge is 0.350 e. The van der Waals surface area contributed by atoms with E-state index >= 15 is 0 Å². The van der Waals surface area contributed by atoms with Gasteiger partial charge in [0.15, 0.2) is 11.5 Å². The molecule has 2 aliphatic heterocycles. The van der Waals surface area contributed by atoms with E-state index in [1.54, 1.807) is 0 Å². The van der Waals surface area contributed by atoms with Gasteiger partial charge in [-0.1, -0.05) is 91.0 Å². The maximum absolute atomic E-state index is 13.9. The molecule has 0 spiro atoms. The van der Waals surface area contributed by atoms with E-state index in [4.69, 9.17) is 4.74 Å². The zero-order valence-electron chi connectivity index (χ0n) is 17.1. The molecule has 2 aliphatic rings. The lowest BCUT2D eigenvalue weighted by Crippen LogP contribution is -2.67. The molecule has 4 unspecified atom stereocenters.